The van der Waals surface area contributed by atoms with Crippen molar-refractivity contribution in [2.24, 2.45) is 0 Å². The van der Waals surface area contributed by atoms with E-state index in [2.05, 4.69) is 15.6 Å². The Bertz CT molecular complexity index is 911. The summed E-state index contributed by atoms with van der Waals surface area (Å²) in [7, 11) is -2.97. The standard InChI is InChI=1S/C14H9Cl2FN2O3S/c1-3-9-10(16)4-5-11(13(9)17)19-23(20,21)12-6-8(15)7-18-14(12)22-2/h1,4-7,19H,2H3. The normalized spacial score (nSPS) is 10.9. The van der Waals surface area contributed by atoms with Crippen LogP contribution in [0.3, 0.4) is 0 Å². The van der Waals surface area contributed by atoms with E-state index in [1.54, 1.807) is 0 Å². The average Bonchev–Trinajstić information content (AvgIpc) is 2.50. The fourth-order valence-electron chi connectivity index (χ4n) is 1.72. The Morgan fingerprint density at radius 1 is 1.39 bits per heavy atom. The van der Waals surface area contributed by atoms with E-state index in [-0.39, 0.29) is 32.1 Å². The van der Waals surface area contributed by atoms with Crippen molar-refractivity contribution in [2.75, 3.05) is 11.8 Å². The van der Waals surface area contributed by atoms with E-state index in [9.17, 15) is 12.8 Å². The van der Waals surface area contributed by atoms with Crippen LogP contribution in [0.5, 0.6) is 5.88 Å². The largest absolute Gasteiger partial charge is 0.480 e. The number of pyridine rings is 1. The third-order valence-corrected chi connectivity index (χ3v) is 4.63. The predicted molar refractivity (Wildman–Crippen MR) is 86.0 cm³/mol. The first-order chi connectivity index (χ1) is 10.8. The van der Waals surface area contributed by atoms with Crippen molar-refractivity contribution in [1.82, 2.24) is 4.98 Å². The van der Waals surface area contributed by atoms with Gasteiger partial charge in [-0.25, -0.2) is 17.8 Å². The summed E-state index contributed by atoms with van der Waals surface area (Å²) in [4.78, 5) is 3.41. The number of sulfonamides is 1. The highest BCUT2D eigenvalue weighted by molar-refractivity contribution is 7.92. The molecule has 1 aromatic carbocycles. The van der Waals surface area contributed by atoms with Crippen LogP contribution in [0.1, 0.15) is 5.56 Å². The second kappa shape index (κ2) is 6.62. The lowest BCUT2D eigenvalue weighted by atomic mass is 10.2. The molecule has 1 heterocycles. The Morgan fingerprint density at radius 2 is 2.09 bits per heavy atom. The second-order valence-corrected chi connectivity index (χ2v) is 6.69. The van der Waals surface area contributed by atoms with Crippen molar-refractivity contribution in [3.63, 3.8) is 0 Å². The predicted octanol–water partition coefficient (Wildman–Crippen LogP) is 3.32. The van der Waals surface area contributed by atoms with Crippen molar-refractivity contribution >= 4 is 38.9 Å². The van der Waals surface area contributed by atoms with Gasteiger partial charge in [-0.3, -0.25) is 4.72 Å². The van der Waals surface area contributed by atoms with E-state index < -0.39 is 15.8 Å². The van der Waals surface area contributed by atoms with Crippen LogP contribution in [-0.2, 0) is 10.0 Å². The fourth-order valence-corrected chi connectivity index (χ4v) is 3.35. The van der Waals surface area contributed by atoms with Crippen LogP contribution in [-0.4, -0.2) is 20.5 Å². The number of nitrogens with zero attached hydrogens (tertiary/aromatic N) is 1. The minimum Gasteiger partial charge on any atom is -0.480 e. The lowest BCUT2D eigenvalue weighted by Gasteiger charge is -2.12. The summed E-state index contributed by atoms with van der Waals surface area (Å²) < 4.78 is 46.0. The first-order valence-electron chi connectivity index (χ1n) is 5.97. The maximum absolute atomic E-state index is 14.2. The lowest BCUT2D eigenvalue weighted by Crippen LogP contribution is -2.16. The molecule has 0 saturated carbocycles. The lowest BCUT2D eigenvalue weighted by molar-refractivity contribution is 0.385. The third kappa shape index (κ3) is 3.50. The minimum atomic E-state index is -4.21. The highest BCUT2D eigenvalue weighted by Gasteiger charge is 2.23. The summed E-state index contributed by atoms with van der Waals surface area (Å²) in [5.41, 5.74) is -0.604. The molecule has 0 fully saturated rings. The molecule has 2 aromatic rings. The van der Waals surface area contributed by atoms with Crippen LogP contribution in [0.4, 0.5) is 10.1 Å². The number of halogens is 3. The maximum Gasteiger partial charge on any atom is 0.267 e. The molecular weight excluding hydrogens is 366 g/mol. The molecular formula is C14H9Cl2FN2O3S. The first kappa shape index (κ1) is 17.3. The fraction of sp³-hybridized carbons (Fsp3) is 0.0714. The molecule has 0 unspecified atom stereocenters. The van der Waals surface area contributed by atoms with E-state index in [4.69, 9.17) is 34.4 Å². The van der Waals surface area contributed by atoms with Crippen LogP contribution in [0.25, 0.3) is 0 Å². The molecule has 2 rings (SSSR count). The smallest absolute Gasteiger partial charge is 0.267 e. The summed E-state index contributed by atoms with van der Waals surface area (Å²) in [5.74, 6) is 0.914. The van der Waals surface area contributed by atoms with Crippen molar-refractivity contribution in [3.05, 3.63) is 45.8 Å². The molecule has 0 saturated heterocycles. The van der Waals surface area contributed by atoms with Crippen LogP contribution in [0.2, 0.25) is 10.0 Å². The third-order valence-electron chi connectivity index (χ3n) is 2.75. The summed E-state index contributed by atoms with van der Waals surface area (Å²) >= 11 is 11.5. The second-order valence-electron chi connectivity index (χ2n) is 4.19. The molecule has 0 atom stereocenters. The van der Waals surface area contributed by atoms with Crippen molar-refractivity contribution in [1.29, 1.82) is 0 Å². The SMILES string of the molecule is C#Cc1c(Cl)ccc(NS(=O)(=O)c2cc(Cl)cnc2OC)c1F. The Morgan fingerprint density at radius 3 is 2.70 bits per heavy atom. The summed E-state index contributed by atoms with van der Waals surface area (Å²) in [6.45, 7) is 0. The monoisotopic (exact) mass is 374 g/mol. The summed E-state index contributed by atoms with van der Waals surface area (Å²) in [5, 5.41) is 0.0713. The van der Waals surface area contributed by atoms with Crippen molar-refractivity contribution < 1.29 is 17.5 Å². The number of hydrogen-bond donors (Lipinski definition) is 1. The Balaban J connectivity index is 2.52. The molecule has 1 N–H and O–H groups in total. The quantitative estimate of drug-likeness (QED) is 0.833. The molecule has 9 heteroatoms. The van der Waals surface area contributed by atoms with Gasteiger partial charge in [-0.15, -0.1) is 6.42 Å². The molecule has 1 aromatic heterocycles. The molecule has 0 radical (unpaired) electrons. The number of aromatic nitrogens is 1. The van der Waals surface area contributed by atoms with Gasteiger partial charge >= 0.3 is 0 Å². The van der Waals surface area contributed by atoms with Gasteiger partial charge in [-0.1, -0.05) is 29.1 Å². The molecule has 120 valence electrons. The van der Waals surface area contributed by atoms with Gasteiger partial charge in [0.15, 0.2) is 10.7 Å². The van der Waals surface area contributed by atoms with E-state index in [1.807, 2.05) is 0 Å². The number of terminal acetylenes is 1. The molecule has 0 aliphatic carbocycles. The number of methoxy groups -OCH3 is 1. The highest BCUT2D eigenvalue weighted by Crippen LogP contribution is 2.29. The van der Waals surface area contributed by atoms with Gasteiger partial charge in [0.1, 0.15) is 0 Å². The van der Waals surface area contributed by atoms with Gasteiger partial charge in [0, 0.05) is 6.20 Å². The average molecular weight is 375 g/mol. The molecule has 23 heavy (non-hydrogen) atoms. The van der Waals surface area contributed by atoms with E-state index in [0.717, 1.165) is 12.1 Å². The summed E-state index contributed by atoms with van der Waals surface area (Å²) in [6.07, 6.45) is 6.38. The molecule has 0 aliphatic heterocycles. The zero-order valence-electron chi connectivity index (χ0n) is 11.6. The molecule has 0 amide bonds. The van der Waals surface area contributed by atoms with Crippen LogP contribution in [0, 0.1) is 18.2 Å². The molecule has 5 nitrogen and oxygen atoms in total. The number of rotatable bonds is 4. The first-order valence-corrected chi connectivity index (χ1v) is 8.21. The van der Waals surface area contributed by atoms with Crippen molar-refractivity contribution in [2.45, 2.75) is 4.90 Å². The van der Waals surface area contributed by atoms with E-state index >= 15 is 0 Å². The topological polar surface area (TPSA) is 68.3 Å². The van der Waals surface area contributed by atoms with Crippen LogP contribution < -0.4 is 9.46 Å². The van der Waals surface area contributed by atoms with Gasteiger partial charge in [-0.05, 0) is 18.2 Å². The summed E-state index contributed by atoms with van der Waals surface area (Å²) in [6, 6.07) is 3.57. The molecule has 0 bridgehead atoms. The van der Waals surface area contributed by atoms with Crippen LogP contribution >= 0.6 is 23.2 Å². The van der Waals surface area contributed by atoms with Gasteiger partial charge in [0.25, 0.3) is 10.0 Å². The zero-order chi connectivity index (χ0) is 17.2. The van der Waals surface area contributed by atoms with E-state index in [0.29, 0.717) is 0 Å². The molecule has 0 aliphatic rings. The molecule has 0 spiro atoms. The van der Waals surface area contributed by atoms with Gasteiger partial charge in [0.05, 0.1) is 28.4 Å². The zero-order valence-corrected chi connectivity index (χ0v) is 13.9. The number of nitrogens with one attached hydrogen (secondary N) is 1. The number of ether oxygens (including phenoxy) is 1. The van der Waals surface area contributed by atoms with Crippen LogP contribution in [0.15, 0.2) is 29.3 Å². The van der Waals surface area contributed by atoms with Crippen molar-refractivity contribution in [3.8, 4) is 18.2 Å². The van der Waals surface area contributed by atoms with Gasteiger partial charge in [0.2, 0.25) is 5.88 Å². The van der Waals surface area contributed by atoms with Gasteiger partial charge < -0.3 is 4.74 Å². The number of anilines is 1. The maximum atomic E-state index is 14.2. The number of benzene rings is 1. The van der Waals surface area contributed by atoms with E-state index in [1.165, 1.54) is 19.4 Å². The minimum absolute atomic E-state index is 0.00468. The Hall–Kier alpha value is -2.01. The van der Waals surface area contributed by atoms with Gasteiger partial charge in [-0.2, -0.15) is 0 Å². The Kier molecular flexibility index (Phi) is 5.00. The Labute approximate surface area is 142 Å². The number of hydrogen-bond acceptors (Lipinski definition) is 4. The highest BCUT2D eigenvalue weighted by atomic mass is 35.5.